The van der Waals surface area contributed by atoms with E-state index in [1.54, 1.807) is 43.5 Å². The number of fused-ring (bicyclic) bond motifs is 1. The zero-order chi connectivity index (χ0) is 24.0. The molecule has 0 N–H and O–H groups in total. The highest BCUT2D eigenvalue weighted by Crippen LogP contribution is 2.27. The van der Waals surface area contributed by atoms with Crippen molar-refractivity contribution in [2.24, 2.45) is 7.05 Å². The maximum absolute atomic E-state index is 13.0. The van der Waals surface area contributed by atoms with Crippen molar-refractivity contribution in [1.29, 1.82) is 5.26 Å². The number of hydrogen-bond acceptors (Lipinski definition) is 6. The van der Waals surface area contributed by atoms with Gasteiger partial charge in [0.25, 0.3) is 0 Å². The Morgan fingerprint density at radius 2 is 1.85 bits per heavy atom. The lowest BCUT2D eigenvalue weighted by Gasteiger charge is -2.15. The number of hydrogen-bond donors (Lipinski definition) is 0. The molecule has 8 heteroatoms. The molecule has 0 aliphatic rings. The van der Waals surface area contributed by atoms with Gasteiger partial charge in [0.05, 0.1) is 18.2 Å². The number of aromatic nitrogens is 1. The molecule has 170 valence electrons. The van der Waals surface area contributed by atoms with Crippen molar-refractivity contribution >= 4 is 28.7 Å². The molecule has 0 saturated carbocycles. The molecule has 0 aliphatic heterocycles. The van der Waals surface area contributed by atoms with E-state index in [0.717, 1.165) is 16.0 Å². The molecule has 0 unspecified atom stereocenters. The van der Waals surface area contributed by atoms with Crippen LogP contribution in [0.25, 0.3) is 10.9 Å². The Balaban J connectivity index is 1.73. The van der Waals surface area contributed by atoms with Crippen LogP contribution in [0.1, 0.15) is 34.8 Å². The van der Waals surface area contributed by atoms with Crippen molar-refractivity contribution in [2.45, 2.75) is 19.8 Å². The Bertz CT molecular complexity index is 1220. The topological polar surface area (TPSA) is 102 Å². The largest absolute Gasteiger partial charge is 0.465 e. The van der Waals surface area contributed by atoms with E-state index in [4.69, 9.17) is 14.7 Å². The van der Waals surface area contributed by atoms with Crippen molar-refractivity contribution in [3.8, 4) is 11.8 Å². The minimum absolute atomic E-state index is 0.0344. The lowest BCUT2D eigenvalue weighted by atomic mass is 10.0. The summed E-state index contributed by atoms with van der Waals surface area (Å²) < 4.78 is 12.1. The van der Waals surface area contributed by atoms with Gasteiger partial charge in [0.2, 0.25) is 0 Å². The van der Waals surface area contributed by atoms with Crippen LogP contribution in [0, 0.1) is 11.3 Å². The second kappa shape index (κ2) is 10.5. The van der Waals surface area contributed by atoms with Crippen LogP contribution >= 0.6 is 0 Å². The number of esters is 1. The Hall–Kier alpha value is -4.12. The third-order valence-corrected chi connectivity index (χ3v) is 5.17. The number of ether oxygens (including phenoxy) is 2. The first kappa shape index (κ1) is 23.5. The summed E-state index contributed by atoms with van der Waals surface area (Å²) in [4.78, 5) is 38.0. The summed E-state index contributed by atoms with van der Waals surface area (Å²) in [5, 5.41) is 9.59. The highest BCUT2D eigenvalue weighted by molar-refractivity contribution is 6.08. The van der Waals surface area contributed by atoms with Gasteiger partial charge in [0.15, 0.2) is 5.78 Å². The van der Waals surface area contributed by atoms with Gasteiger partial charge in [0.1, 0.15) is 12.3 Å². The monoisotopic (exact) mass is 447 g/mol. The minimum atomic E-state index is -0.702. The number of carbonyl (C=O) groups excluding carboxylic acids is 3. The molecule has 0 atom stereocenters. The number of ketones is 1. The first-order chi connectivity index (χ1) is 15.8. The molecule has 3 rings (SSSR count). The predicted molar refractivity (Wildman–Crippen MR) is 122 cm³/mol. The zero-order valence-corrected chi connectivity index (χ0v) is 18.8. The molecule has 2 aromatic carbocycles. The molecule has 0 bridgehead atoms. The molecule has 8 nitrogen and oxygen atoms in total. The van der Waals surface area contributed by atoms with E-state index in [2.05, 4.69) is 6.07 Å². The highest BCUT2D eigenvalue weighted by atomic mass is 16.6. The number of benzene rings is 2. The fourth-order valence-corrected chi connectivity index (χ4v) is 3.44. The molecule has 1 aromatic heterocycles. The maximum atomic E-state index is 13.0. The van der Waals surface area contributed by atoms with E-state index in [0.29, 0.717) is 29.4 Å². The number of aryl methyl sites for hydroxylation is 2. The first-order valence-corrected chi connectivity index (χ1v) is 10.5. The van der Waals surface area contributed by atoms with E-state index < -0.39 is 12.1 Å². The third-order valence-electron chi connectivity index (χ3n) is 5.17. The summed E-state index contributed by atoms with van der Waals surface area (Å²) in [6.07, 6.45) is 1.92. The Morgan fingerprint density at radius 1 is 1.12 bits per heavy atom. The first-order valence-electron chi connectivity index (χ1n) is 10.5. The van der Waals surface area contributed by atoms with Crippen molar-refractivity contribution in [1.82, 2.24) is 9.47 Å². The van der Waals surface area contributed by atoms with Crippen molar-refractivity contribution in [3.05, 3.63) is 65.4 Å². The summed E-state index contributed by atoms with van der Waals surface area (Å²) >= 11 is 0. The number of nitrogens with zero attached hydrogens (tertiary/aromatic N) is 3. The number of nitriles is 1. The van der Waals surface area contributed by atoms with Crippen molar-refractivity contribution in [2.75, 3.05) is 20.2 Å². The van der Waals surface area contributed by atoms with Gasteiger partial charge in [-0.05, 0) is 49.2 Å². The summed E-state index contributed by atoms with van der Waals surface area (Å²) in [5.74, 6) is -0.283. The predicted octanol–water partition coefficient (Wildman–Crippen LogP) is 3.86. The molecule has 33 heavy (non-hydrogen) atoms. The van der Waals surface area contributed by atoms with Crippen molar-refractivity contribution in [3.63, 3.8) is 0 Å². The second-order valence-electron chi connectivity index (χ2n) is 7.59. The summed E-state index contributed by atoms with van der Waals surface area (Å²) in [7, 11) is 3.29. The van der Waals surface area contributed by atoms with E-state index in [1.807, 2.05) is 23.7 Å². The molecule has 0 radical (unpaired) electrons. The minimum Gasteiger partial charge on any atom is -0.465 e. The molecule has 1 heterocycles. The van der Waals surface area contributed by atoms with Gasteiger partial charge >= 0.3 is 12.1 Å². The lowest BCUT2D eigenvalue weighted by molar-refractivity contribution is -0.143. The maximum Gasteiger partial charge on any atom is 0.415 e. The quantitative estimate of drug-likeness (QED) is 0.384. The fourth-order valence-electron chi connectivity index (χ4n) is 3.44. The van der Waals surface area contributed by atoms with Crippen LogP contribution in [0.2, 0.25) is 0 Å². The Morgan fingerprint density at radius 3 is 2.52 bits per heavy atom. The van der Waals surface area contributed by atoms with E-state index in [1.165, 1.54) is 7.05 Å². The van der Waals surface area contributed by atoms with Crippen LogP contribution in [0.4, 0.5) is 4.79 Å². The van der Waals surface area contributed by atoms with Gasteiger partial charge in [-0.3, -0.25) is 14.5 Å². The van der Waals surface area contributed by atoms with Gasteiger partial charge in [-0.2, -0.15) is 5.26 Å². The van der Waals surface area contributed by atoms with Gasteiger partial charge in [-0.1, -0.05) is 12.1 Å². The summed E-state index contributed by atoms with van der Waals surface area (Å²) in [5.41, 5.74) is 2.92. The number of likely N-dealkylation sites (N-methyl/N-ethyl adjacent to an activating group) is 1. The molecule has 3 aromatic rings. The summed E-state index contributed by atoms with van der Waals surface area (Å²) in [6, 6.07) is 14.3. The second-order valence-corrected chi connectivity index (χ2v) is 7.59. The zero-order valence-electron chi connectivity index (χ0n) is 18.8. The number of amides is 1. The Labute approximate surface area is 191 Å². The van der Waals surface area contributed by atoms with E-state index in [9.17, 15) is 14.4 Å². The van der Waals surface area contributed by atoms with Gasteiger partial charge in [-0.15, -0.1) is 0 Å². The van der Waals surface area contributed by atoms with Crippen LogP contribution < -0.4 is 4.74 Å². The number of carbonyl (C=O) groups is 3. The number of Topliss-reactive ketones (excluding diaryl/α,β-unsaturated/α-hetero) is 1. The smallest absolute Gasteiger partial charge is 0.415 e. The molecule has 0 fully saturated rings. The molecular formula is C25H25N3O5. The van der Waals surface area contributed by atoms with Crippen molar-refractivity contribution < 1.29 is 23.9 Å². The van der Waals surface area contributed by atoms with Gasteiger partial charge in [-0.25, -0.2) is 4.79 Å². The lowest BCUT2D eigenvalue weighted by Crippen LogP contribution is -2.35. The molecule has 0 saturated heterocycles. The standard InChI is InChI=1S/C25H25N3O5/c1-4-32-24(30)16-28(3)25(31)33-19-10-11-22-20(13-19)21(15-27(22)2)23(29)12-9-17-5-7-18(14-26)8-6-17/h5-8,10-11,13,15H,4,9,12,16H2,1-3H3. The van der Waals surface area contributed by atoms with Gasteiger partial charge in [0, 0.05) is 43.2 Å². The normalized spacial score (nSPS) is 10.5. The SMILES string of the molecule is CCOC(=O)CN(C)C(=O)Oc1ccc2c(c1)c(C(=O)CCc1ccc(C#N)cc1)cn2C. The van der Waals surface area contributed by atoms with Crippen LogP contribution in [-0.2, 0) is 23.0 Å². The fraction of sp³-hybridized carbons (Fsp3) is 0.280. The average Bonchev–Trinajstić information content (AvgIpc) is 3.13. The van der Waals surface area contributed by atoms with Gasteiger partial charge < -0.3 is 14.0 Å². The highest BCUT2D eigenvalue weighted by Gasteiger charge is 2.18. The molecular weight excluding hydrogens is 422 g/mol. The van der Waals surface area contributed by atoms with Crippen LogP contribution in [0.5, 0.6) is 5.75 Å². The number of rotatable bonds is 8. The molecule has 1 amide bonds. The van der Waals surface area contributed by atoms with Crippen LogP contribution in [-0.4, -0.2) is 47.5 Å². The third kappa shape index (κ3) is 5.77. The van der Waals surface area contributed by atoms with Crippen LogP contribution in [0.15, 0.2) is 48.7 Å². The van der Waals surface area contributed by atoms with Crippen LogP contribution in [0.3, 0.4) is 0 Å². The summed E-state index contributed by atoms with van der Waals surface area (Å²) in [6.45, 7) is 1.70. The molecule has 0 spiro atoms. The van der Waals surface area contributed by atoms with E-state index >= 15 is 0 Å². The Kier molecular flexibility index (Phi) is 7.46. The molecule has 0 aliphatic carbocycles. The average molecular weight is 447 g/mol. The van der Waals surface area contributed by atoms with E-state index in [-0.39, 0.29) is 24.7 Å².